The van der Waals surface area contributed by atoms with Gasteiger partial charge in [0, 0.05) is 28.3 Å². The van der Waals surface area contributed by atoms with Gasteiger partial charge in [0.15, 0.2) is 0 Å². The minimum atomic E-state index is -0.709. The van der Waals surface area contributed by atoms with Gasteiger partial charge in [-0.1, -0.05) is 23.7 Å². The summed E-state index contributed by atoms with van der Waals surface area (Å²) in [6.07, 6.45) is 0. The van der Waals surface area contributed by atoms with Gasteiger partial charge < -0.3 is 4.74 Å². The summed E-state index contributed by atoms with van der Waals surface area (Å²) < 4.78 is 34.8. The number of nitrogens with zero attached hydrogens (tertiary/aromatic N) is 2. The van der Waals surface area contributed by atoms with E-state index in [0.717, 1.165) is 5.56 Å². The van der Waals surface area contributed by atoms with Crippen molar-refractivity contribution in [3.05, 3.63) is 64.4 Å². The molecule has 0 saturated carbocycles. The minimum absolute atomic E-state index is 0.145. The largest absolute Gasteiger partial charge is 0.494 e. The van der Waals surface area contributed by atoms with Crippen molar-refractivity contribution in [3.63, 3.8) is 0 Å². The number of rotatable bonds is 4. The van der Waals surface area contributed by atoms with Gasteiger partial charge in [-0.3, -0.25) is 0 Å². The molecule has 3 nitrogen and oxygen atoms in total. The molecule has 0 aliphatic heterocycles. The van der Waals surface area contributed by atoms with Crippen molar-refractivity contribution in [2.24, 2.45) is 0 Å². The molecule has 0 aliphatic carbocycles. The van der Waals surface area contributed by atoms with E-state index in [-0.39, 0.29) is 11.3 Å². The van der Waals surface area contributed by atoms with Crippen LogP contribution in [-0.4, -0.2) is 16.8 Å². The minimum Gasteiger partial charge on any atom is -0.494 e. The first-order chi connectivity index (χ1) is 12.4. The number of benzene rings is 2. The number of halogens is 3. The van der Waals surface area contributed by atoms with Crippen molar-refractivity contribution in [2.45, 2.75) is 20.8 Å². The summed E-state index contributed by atoms with van der Waals surface area (Å²) in [5, 5.41) is 8.75. The molecule has 0 spiro atoms. The van der Waals surface area contributed by atoms with Crippen molar-refractivity contribution < 1.29 is 13.5 Å². The Kier molecular flexibility index (Phi) is 5.18. The van der Waals surface area contributed by atoms with Crippen LogP contribution in [0.2, 0.25) is 5.02 Å². The summed E-state index contributed by atoms with van der Waals surface area (Å²) in [4.78, 5) is 0. The molecule has 1 heterocycles. The lowest BCUT2D eigenvalue weighted by Crippen LogP contribution is -2.03. The molecule has 0 aliphatic rings. The predicted molar refractivity (Wildman–Crippen MR) is 98.5 cm³/mol. The third-order valence-electron chi connectivity index (χ3n) is 4.03. The average Bonchev–Trinajstić information content (AvgIpc) is 2.59. The second kappa shape index (κ2) is 7.38. The van der Waals surface area contributed by atoms with Gasteiger partial charge >= 0.3 is 0 Å². The van der Waals surface area contributed by atoms with Crippen LogP contribution in [0.25, 0.3) is 22.3 Å². The monoisotopic (exact) mass is 374 g/mol. The van der Waals surface area contributed by atoms with Crippen molar-refractivity contribution in [2.75, 3.05) is 6.61 Å². The summed E-state index contributed by atoms with van der Waals surface area (Å²) in [5.74, 6) is -1.27. The summed E-state index contributed by atoms with van der Waals surface area (Å²) in [6.45, 7) is 5.51. The zero-order valence-electron chi connectivity index (χ0n) is 14.6. The SMILES string of the molecule is CCOc1cc(F)c(-c2c(C)nnc(C)c2-c2ccc(Cl)cc2)c(F)c1. The Balaban J connectivity index is 2.29. The molecule has 0 unspecified atom stereocenters. The third kappa shape index (κ3) is 3.40. The number of hydrogen-bond donors (Lipinski definition) is 0. The molecule has 0 amide bonds. The number of hydrogen-bond acceptors (Lipinski definition) is 3. The first-order valence-corrected chi connectivity index (χ1v) is 8.52. The first kappa shape index (κ1) is 18.3. The van der Waals surface area contributed by atoms with Gasteiger partial charge in [0.25, 0.3) is 0 Å². The smallest absolute Gasteiger partial charge is 0.137 e. The Morgan fingerprint density at radius 2 is 1.42 bits per heavy atom. The maximum atomic E-state index is 14.8. The van der Waals surface area contributed by atoms with Gasteiger partial charge in [0.05, 0.1) is 23.6 Å². The number of aryl methyl sites for hydroxylation is 2. The van der Waals surface area contributed by atoms with Gasteiger partial charge in [-0.15, -0.1) is 0 Å². The maximum absolute atomic E-state index is 14.8. The van der Waals surface area contributed by atoms with Gasteiger partial charge in [-0.05, 0) is 38.5 Å². The summed E-state index contributed by atoms with van der Waals surface area (Å²) in [6, 6.07) is 9.40. The molecule has 6 heteroatoms. The highest BCUT2D eigenvalue weighted by Crippen LogP contribution is 2.39. The second-order valence-corrected chi connectivity index (χ2v) is 6.26. The molecule has 26 heavy (non-hydrogen) atoms. The van der Waals surface area contributed by atoms with Crippen LogP contribution in [0, 0.1) is 25.5 Å². The van der Waals surface area contributed by atoms with Gasteiger partial charge in [-0.25, -0.2) is 8.78 Å². The molecule has 3 rings (SSSR count). The molecule has 0 radical (unpaired) electrons. The highest BCUT2D eigenvalue weighted by atomic mass is 35.5. The van der Waals surface area contributed by atoms with E-state index in [2.05, 4.69) is 10.2 Å². The van der Waals surface area contributed by atoms with Crippen LogP contribution in [0.5, 0.6) is 5.75 Å². The van der Waals surface area contributed by atoms with E-state index in [0.29, 0.717) is 34.1 Å². The predicted octanol–water partition coefficient (Wildman–Crippen LogP) is 5.76. The van der Waals surface area contributed by atoms with Crippen molar-refractivity contribution >= 4 is 11.6 Å². The molecule has 2 aromatic carbocycles. The van der Waals surface area contributed by atoms with E-state index >= 15 is 0 Å². The fraction of sp³-hybridized carbons (Fsp3) is 0.200. The van der Waals surface area contributed by atoms with E-state index in [1.54, 1.807) is 45.0 Å². The Bertz CT molecular complexity index is 936. The maximum Gasteiger partial charge on any atom is 0.137 e. The van der Waals surface area contributed by atoms with Gasteiger partial charge in [-0.2, -0.15) is 10.2 Å². The van der Waals surface area contributed by atoms with Gasteiger partial charge in [0.1, 0.15) is 17.4 Å². The highest BCUT2D eigenvalue weighted by Gasteiger charge is 2.22. The molecule has 0 fully saturated rings. The standard InChI is InChI=1S/C20H17ClF2N2O/c1-4-26-15-9-16(22)20(17(23)10-15)19-12(3)25-24-11(2)18(19)13-5-7-14(21)8-6-13/h5-10H,4H2,1-3H3. The molecule has 0 bridgehead atoms. The van der Waals surface area contributed by atoms with Crippen LogP contribution in [0.15, 0.2) is 36.4 Å². The lowest BCUT2D eigenvalue weighted by atomic mass is 9.92. The van der Waals surface area contributed by atoms with E-state index in [9.17, 15) is 8.78 Å². The van der Waals surface area contributed by atoms with Crippen LogP contribution < -0.4 is 4.74 Å². The van der Waals surface area contributed by atoms with Crippen molar-refractivity contribution in [1.29, 1.82) is 0 Å². The average molecular weight is 375 g/mol. The summed E-state index contributed by atoms with van der Waals surface area (Å²) in [7, 11) is 0. The molecule has 0 saturated heterocycles. The Hall–Kier alpha value is -2.53. The van der Waals surface area contributed by atoms with E-state index in [1.165, 1.54) is 12.1 Å². The molecular weight excluding hydrogens is 358 g/mol. The topological polar surface area (TPSA) is 35.0 Å². The Morgan fingerprint density at radius 1 is 0.885 bits per heavy atom. The zero-order valence-corrected chi connectivity index (χ0v) is 15.4. The fourth-order valence-electron chi connectivity index (χ4n) is 2.93. The normalized spacial score (nSPS) is 10.8. The zero-order chi connectivity index (χ0) is 18.8. The third-order valence-corrected chi connectivity index (χ3v) is 4.29. The number of aromatic nitrogens is 2. The van der Waals surface area contributed by atoms with E-state index in [4.69, 9.17) is 16.3 Å². The molecule has 0 N–H and O–H groups in total. The Labute approximate surface area is 155 Å². The van der Waals surface area contributed by atoms with Crippen molar-refractivity contribution in [1.82, 2.24) is 10.2 Å². The van der Waals surface area contributed by atoms with Crippen molar-refractivity contribution in [3.8, 4) is 28.0 Å². The Morgan fingerprint density at radius 3 is 1.96 bits per heavy atom. The fourth-order valence-corrected chi connectivity index (χ4v) is 3.05. The highest BCUT2D eigenvalue weighted by molar-refractivity contribution is 6.30. The van der Waals surface area contributed by atoms with Gasteiger partial charge in [0.2, 0.25) is 0 Å². The first-order valence-electron chi connectivity index (χ1n) is 8.14. The summed E-state index contributed by atoms with van der Waals surface area (Å²) in [5.41, 5.74) is 2.61. The molecule has 134 valence electrons. The molecular formula is C20H17ClF2N2O. The van der Waals surface area contributed by atoms with Crippen LogP contribution in [0.1, 0.15) is 18.3 Å². The van der Waals surface area contributed by atoms with Crippen LogP contribution in [0.4, 0.5) is 8.78 Å². The quantitative estimate of drug-likeness (QED) is 0.582. The molecule has 0 atom stereocenters. The van der Waals surface area contributed by atoms with E-state index < -0.39 is 11.6 Å². The van der Waals surface area contributed by atoms with Crippen LogP contribution in [-0.2, 0) is 0 Å². The van der Waals surface area contributed by atoms with Crippen LogP contribution >= 0.6 is 11.6 Å². The number of ether oxygens (including phenoxy) is 1. The van der Waals surface area contributed by atoms with E-state index in [1.807, 2.05) is 0 Å². The molecule has 1 aromatic heterocycles. The summed E-state index contributed by atoms with van der Waals surface area (Å²) >= 11 is 5.96. The second-order valence-electron chi connectivity index (χ2n) is 5.82. The van der Waals surface area contributed by atoms with Crippen LogP contribution in [0.3, 0.4) is 0 Å². The lowest BCUT2D eigenvalue weighted by molar-refractivity contribution is 0.336. The molecule has 3 aromatic rings. The lowest BCUT2D eigenvalue weighted by Gasteiger charge is -2.16.